The molecule has 0 fully saturated rings. The molecule has 0 saturated carbocycles. The van der Waals surface area contributed by atoms with Gasteiger partial charge in [-0.05, 0) is 47.9 Å². The van der Waals surface area contributed by atoms with Crippen molar-refractivity contribution >= 4 is 41.5 Å². The number of carbonyl (C=O) groups excluding carboxylic acids is 1. The Morgan fingerprint density at radius 2 is 1.93 bits per heavy atom. The number of nitrogens with two attached hydrogens (primary N) is 1. The molecule has 0 unspecified atom stereocenters. The summed E-state index contributed by atoms with van der Waals surface area (Å²) in [6, 6.07) is 14.0. The molecule has 1 aliphatic carbocycles. The van der Waals surface area contributed by atoms with Gasteiger partial charge in [0.25, 0.3) is 0 Å². The van der Waals surface area contributed by atoms with E-state index in [2.05, 4.69) is 10.1 Å². The molecule has 2 heterocycles. The second-order valence-electron chi connectivity index (χ2n) is 7.07. The predicted molar refractivity (Wildman–Crippen MR) is 114 cm³/mol. The fourth-order valence-corrected chi connectivity index (χ4v) is 3.81. The summed E-state index contributed by atoms with van der Waals surface area (Å²) >= 11 is 0. The van der Waals surface area contributed by atoms with Gasteiger partial charge >= 0.3 is 0 Å². The van der Waals surface area contributed by atoms with E-state index in [-0.39, 0.29) is 18.2 Å². The van der Waals surface area contributed by atoms with Crippen LogP contribution in [0.2, 0.25) is 0 Å². The Morgan fingerprint density at radius 3 is 2.75 bits per heavy atom. The molecule has 6 heteroatoms. The summed E-state index contributed by atoms with van der Waals surface area (Å²) in [5.41, 5.74) is 13.9. The lowest BCUT2D eigenvalue weighted by molar-refractivity contribution is 0.103. The zero-order valence-corrected chi connectivity index (χ0v) is 16.2. The third-order valence-electron chi connectivity index (χ3n) is 5.17. The summed E-state index contributed by atoms with van der Waals surface area (Å²) in [6.45, 7) is 2.02. The molecule has 2 aromatic carbocycles. The van der Waals surface area contributed by atoms with E-state index in [4.69, 9.17) is 5.73 Å². The summed E-state index contributed by atoms with van der Waals surface area (Å²) in [7, 11) is 0. The molecule has 0 saturated heterocycles. The summed E-state index contributed by atoms with van der Waals surface area (Å²) in [5.74, 6) is 0.308. The number of Topliss-reactive ketones (excluding diaryl/α,β-unsaturated/α-hetero) is 1. The maximum absolute atomic E-state index is 13.0. The first-order valence-corrected chi connectivity index (χ1v) is 8.94. The first-order chi connectivity index (χ1) is 13.1. The topological polar surface area (TPSA) is 73.3 Å². The van der Waals surface area contributed by atoms with Gasteiger partial charge in [-0.2, -0.15) is 5.10 Å². The number of halogens is 1. The molecule has 5 nitrogen and oxygen atoms in total. The van der Waals surface area contributed by atoms with Crippen molar-refractivity contribution in [3.8, 4) is 5.69 Å². The molecule has 0 bridgehead atoms. The number of hydrogen-bond acceptors (Lipinski definition) is 4. The molecular formula is C22H19ClN4O. The van der Waals surface area contributed by atoms with Crippen LogP contribution >= 0.6 is 12.4 Å². The lowest BCUT2D eigenvalue weighted by Crippen LogP contribution is -2.08. The molecule has 1 aliphatic heterocycles. The number of aliphatic imine (C=N–C) groups is 1. The number of benzene rings is 2. The van der Waals surface area contributed by atoms with E-state index in [0.717, 1.165) is 40.2 Å². The van der Waals surface area contributed by atoms with Crippen molar-refractivity contribution in [3.63, 3.8) is 0 Å². The first-order valence-electron chi connectivity index (χ1n) is 8.94. The lowest BCUT2D eigenvalue weighted by Gasteiger charge is -2.07. The highest BCUT2D eigenvalue weighted by Crippen LogP contribution is 2.31. The quantitative estimate of drug-likeness (QED) is 0.676. The smallest absolute Gasteiger partial charge is 0.194 e. The van der Waals surface area contributed by atoms with Gasteiger partial charge in [0.1, 0.15) is 5.82 Å². The molecule has 0 amide bonds. The van der Waals surface area contributed by atoms with Crippen LogP contribution in [0.25, 0.3) is 11.8 Å². The molecule has 0 spiro atoms. The minimum atomic E-state index is -0.0599. The van der Waals surface area contributed by atoms with Crippen molar-refractivity contribution in [1.29, 1.82) is 0 Å². The molecule has 0 atom stereocenters. The van der Waals surface area contributed by atoms with Gasteiger partial charge in [-0.1, -0.05) is 24.3 Å². The first kappa shape index (κ1) is 18.2. The van der Waals surface area contributed by atoms with Gasteiger partial charge in [0.15, 0.2) is 5.78 Å². The second-order valence-corrected chi connectivity index (χ2v) is 7.07. The Kier molecular flexibility index (Phi) is 4.40. The van der Waals surface area contributed by atoms with Gasteiger partial charge in [-0.3, -0.25) is 9.79 Å². The SMILES string of the molecule is CC1=Nc2ccc(-n3ncc(C(=O)C4=Cc5ccccc5C4)c3N)cc2C1.Cl. The Morgan fingerprint density at radius 1 is 1.11 bits per heavy atom. The predicted octanol–water partition coefficient (Wildman–Crippen LogP) is 4.35. The van der Waals surface area contributed by atoms with Crippen LogP contribution in [-0.2, 0) is 12.8 Å². The zero-order chi connectivity index (χ0) is 18.5. The molecule has 0 radical (unpaired) electrons. The Hall–Kier alpha value is -3.18. The third kappa shape index (κ3) is 2.84. The van der Waals surface area contributed by atoms with Gasteiger partial charge in [0.2, 0.25) is 0 Å². The molecule has 3 aromatic rings. The number of hydrogen-bond donors (Lipinski definition) is 1. The maximum atomic E-state index is 13.0. The highest BCUT2D eigenvalue weighted by atomic mass is 35.5. The number of fused-ring (bicyclic) bond motifs is 2. The largest absolute Gasteiger partial charge is 0.383 e. The summed E-state index contributed by atoms with van der Waals surface area (Å²) in [6.07, 6.45) is 4.98. The van der Waals surface area contributed by atoms with Crippen LogP contribution in [0.15, 0.2) is 59.2 Å². The van der Waals surface area contributed by atoms with Crippen LogP contribution in [0.4, 0.5) is 11.5 Å². The van der Waals surface area contributed by atoms with E-state index in [9.17, 15) is 4.79 Å². The number of rotatable bonds is 3. The third-order valence-corrected chi connectivity index (χ3v) is 5.17. The fourth-order valence-electron chi connectivity index (χ4n) is 3.81. The maximum Gasteiger partial charge on any atom is 0.194 e. The number of carbonyl (C=O) groups is 1. The van der Waals surface area contributed by atoms with E-state index in [1.807, 2.05) is 55.5 Å². The Bertz CT molecular complexity index is 1170. The van der Waals surface area contributed by atoms with Gasteiger partial charge in [0, 0.05) is 24.1 Å². The second kappa shape index (κ2) is 6.77. The van der Waals surface area contributed by atoms with Gasteiger partial charge < -0.3 is 5.73 Å². The fraction of sp³-hybridized carbons (Fsp3) is 0.136. The summed E-state index contributed by atoms with van der Waals surface area (Å²) in [4.78, 5) is 17.5. The molecular weight excluding hydrogens is 372 g/mol. The minimum absolute atomic E-state index is 0. The monoisotopic (exact) mass is 390 g/mol. The van der Waals surface area contributed by atoms with Crippen molar-refractivity contribution in [2.75, 3.05) is 5.73 Å². The molecule has 28 heavy (non-hydrogen) atoms. The van der Waals surface area contributed by atoms with E-state index in [0.29, 0.717) is 17.8 Å². The number of nitrogen functional groups attached to an aromatic ring is 1. The number of allylic oxidation sites excluding steroid dienone is 1. The van der Waals surface area contributed by atoms with Gasteiger partial charge in [-0.15, -0.1) is 12.4 Å². The summed E-state index contributed by atoms with van der Waals surface area (Å²) < 4.78 is 1.63. The van der Waals surface area contributed by atoms with Gasteiger partial charge in [0.05, 0.1) is 23.1 Å². The molecule has 2 aliphatic rings. The van der Waals surface area contributed by atoms with Crippen LogP contribution in [-0.4, -0.2) is 21.3 Å². The molecule has 2 N–H and O–H groups in total. The van der Waals surface area contributed by atoms with Gasteiger partial charge in [-0.25, -0.2) is 4.68 Å². The van der Waals surface area contributed by atoms with Crippen LogP contribution in [0.3, 0.4) is 0 Å². The van der Waals surface area contributed by atoms with E-state index in [1.165, 1.54) is 5.56 Å². The number of nitrogens with zero attached hydrogens (tertiary/aromatic N) is 3. The van der Waals surface area contributed by atoms with Crippen molar-refractivity contribution < 1.29 is 4.79 Å². The van der Waals surface area contributed by atoms with Crippen molar-refractivity contribution in [3.05, 3.63) is 76.5 Å². The Balaban J connectivity index is 0.00000192. The van der Waals surface area contributed by atoms with Crippen molar-refractivity contribution in [2.45, 2.75) is 19.8 Å². The standard InChI is InChI=1S/C22H18N4O.ClH/c1-13-8-16-11-18(6-7-20(16)25-13)26-22(23)19(12-24-26)21(27)17-9-14-4-2-3-5-15(14)10-17;/h2-7,9,11-12H,8,10,23H2,1H3;1H. The highest BCUT2D eigenvalue weighted by Gasteiger charge is 2.24. The number of aromatic nitrogens is 2. The van der Waals surface area contributed by atoms with Crippen LogP contribution in [0, 0.1) is 0 Å². The normalized spacial score (nSPS) is 14.0. The molecule has 1 aromatic heterocycles. The lowest BCUT2D eigenvalue weighted by atomic mass is 10.0. The van der Waals surface area contributed by atoms with Crippen LogP contribution in [0.1, 0.15) is 34.0 Å². The van der Waals surface area contributed by atoms with Crippen LogP contribution in [0.5, 0.6) is 0 Å². The van der Waals surface area contributed by atoms with Crippen molar-refractivity contribution in [1.82, 2.24) is 9.78 Å². The molecule has 5 rings (SSSR count). The number of ketones is 1. The number of anilines is 1. The highest BCUT2D eigenvalue weighted by molar-refractivity contribution is 6.15. The average Bonchev–Trinajstić information content (AvgIpc) is 3.35. The Labute approximate surface area is 169 Å². The van der Waals surface area contributed by atoms with E-state index >= 15 is 0 Å². The van der Waals surface area contributed by atoms with E-state index in [1.54, 1.807) is 10.9 Å². The average molecular weight is 391 g/mol. The zero-order valence-electron chi connectivity index (χ0n) is 15.3. The van der Waals surface area contributed by atoms with E-state index < -0.39 is 0 Å². The van der Waals surface area contributed by atoms with Crippen molar-refractivity contribution in [2.24, 2.45) is 4.99 Å². The summed E-state index contributed by atoms with van der Waals surface area (Å²) in [5, 5.41) is 4.38. The minimum Gasteiger partial charge on any atom is -0.383 e. The molecule has 140 valence electrons. The van der Waals surface area contributed by atoms with Crippen LogP contribution < -0.4 is 5.73 Å².